The van der Waals surface area contributed by atoms with Crippen molar-refractivity contribution in [2.45, 2.75) is 20.4 Å². The van der Waals surface area contributed by atoms with Crippen LogP contribution < -0.4 is 0 Å². The Labute approximate surface area is 105 Å². The third-order valence-corrected chi connectivity index (χ3v) is 2.80. The molecule has 1 aromatic carbocycles. The molecule has 0 fully saturated rings. The van der Waals surface area contributed by atoms with Crippen molar-refractivity contribution >= 4 is 17.4 Å². The topological polar surface area (TPSA) is 34.9 Å². The first-order chi connectivity index (χ1) is 8.11. The number of ketones is 1. The summed E-state index contributed by atoms with van der Waals surface area (Å²) in [5.74, 6) is -0.0273. The van der Waals surface area contributed by atoms with Crippen LogP contribution in [-0.4, -0.2) is 15.6 Å². The Balaban J connectivity index is 2.54. The maximum absolute atomic E-state index is 11.3. The van der Waals surface area contributed by atoms with Crippen LogP contribution in [0.3, 0.4) is 0 Å². The van der Waals surface area contributed by atoms with Crippen molar-refractivity contribution < 1.29 is 4.79 Å². The molecule has 3 nitrogen and oxygen atoms in total. The van der Waals surface area contributed by atoms with E-state index >= 15 is 0 Å². The largest absolute Gasteiger partial charge is 0.293 e. The van der Waals surface area contributed by atoms with Gasteiger partial charge in [0.15, 0.2) is 5.78 Å². The molecule has 0 amide bonds. The molecule has 1 heterocycles. The van der Waals surface area contributed by atoms with Gasteiger partial charge >= 0.3 is 0 Å². The molecule has 2 aromatic rings. The third kappa shape index (κ3) is 2.39. The Hall–Kier alpha value is -1.61. The maximum Gasteiger partial charge on any atom is 0.180 e. The molecule has 0 aliphatic rings. The van der Waals surface area contributed by atoms with Gasteiger partial charge in [0.1, 0.15) is 5.69 Å². The van der Waals surface area contributed by atoms with Crippen molar-refractivity contribution in [1.29, 1.82) is 0 Å². The molecule has 4 heteroatoms. The molecule has 0 radical (unpaired) electrons. The van der Waals surface area contributed by atoms with Crippen molar-refractivity contribution in [3.05, 3.63) is 41.0 Å². The van der Waals surface area contributed by atoms with Gasteiger partial charge < -0.3 is 0 Å². The smallest absolute Gasteiger partial charge is 0.180 e. The summed E-state index contributed by atoms with van der Waals surface area (Å²) in [5.41, 5.74) is 2.38. The van der Waals surface area contributed by atoms with Crippen molar-refractivity contribution in [1.82, 2.24) is 9.78 Å². The minimum absolute atomic E-state index is 0.0273. The molecule has 0 atom stereocenters. The summed E-state index contributed by atoms with van der Waals surface area (Å²) in [4.78, 5) is 11.3. The second-order valence-corrected chi connectivity index (χ2v) is 4.23. The summed E-state index contributed by atoms with van der Waals surface area (Å²) in [7, 11) is 0. The van der Waals surface area contributed by atoms with Crippen LogP contribution in [0.25, 0.3) is 11.3 Å². The van der Waals surface area contributed by atoms with E-state index in [1.807, 2.05) is 35.9 Å². The Kier molecular flexibility index (Phi) is 3.29. The molecule has 0 unspecified atom stereocenters. The van der Waals surface area contributed by atoms with Crippen LogP contribution in [0, 0.1) is 0 Å². The first kappa shape index (κ1) is 11.9. The van der Waals surface area contributed by atoms with Gasteiger partial charge in [-0.1, -0.05) is 23.7 Å². The molecule has 0 saturated carbocycles. The molecule has 2 rings (SSSR count). The fourth-order valence-electron chi connectivity index (χ4n) is 1.71. The summed E-state index contributed by atoms with van der Waals surface area (Å²) >= 11 is 5.96. The van der Waals surface area contributed by atoms with Gasteiger partial charge in [-0.2, -0.15) is 5.10 Å². The highest BCUT2D eigenvalue weighted by molar-refractivity contribution is 6.30. The molecule has 1 aromatic heterocycles. The normalized spacial score (nSPS) is 10.5. The van der Waals surface area contributed by atoms with Crippen LogP contribution in [0.1, 0.15) is 24.3 Å². The van der Waals surface area contributed by atoms with Crippen molar-refractivity contribution in [2.24, 2.45) is 0 Å². The Morgan fingerprint density at radius 2 is 2.18 bits per heavy atom. The number of Topliss-reactive ketones (excluding diaryl/α,β-unsaturated/α-hetero) is 1. The van der Waals surface area contributed by atoms with Crippen LogP contribution in [0.15, 0.2) is 30.3 Å². The third-order valence-electron chi connectivity index (χ3n) is 2.56. The van der Waals surface area contributed by atoms with Crippen LogP contribution in [0.5, 0.6) is 0 Å². The number of rotatable bonds is 3. The first-order valence-electron chi connectivity index (χ1n) is 5.46. The molecule has 0 aliphatic heterocycles. The maximum atomic E-state index is 11.3. The molecule has 0 bridgehead atoms. The van der Waals surface area contributed by atoms with Gasteiger partial charge in [-0.05, 0) is 25.1 Å². The van der Waals surface area contributed by atoms with Gasteiger partial charge in [-0.15, -0.1) is 0 Å². The number of carbonyl (C=O) groups is 1. The van der Waals surface area contributed by atoms with Crippen LogP contribution >= 0.6 is 11.6 Å². The molecular weight excluding hydrogens is 236 g/mol. The average molecular weight is 249 g/mol. The predicted molar refractivity (Wildman–Crippen MR) is 68.4 cm³/mol. The number of carbonyl (C=O) groups excluding carboxylic acids is 1. The van der Waals surface area contributed by atoms with E-state index in [0.717, 1.165) is 17.8 Å². The van der Waals surface area contributed by atoms with E-state index in [2.05, 4.69) is 5.10 Å². The Morgan fingerprint density at radius 1 is 1.41 bits per heavy atom. The molecule has 0 aliphatic carbocycles. The Morgan fingerprint density at radius 3 is 2.76 bits per heavy atom. The lowest BCUT2D eigenvalue weighted by Gasteiger charge is -2.04. The van der Waals surface area contributed by atoms with E-state index in [4.69, 9.17) is 11.6 Å². The summed E-state index contributed by atoms with van der Waals surface area (Å²) < 4.78 is 1.81. The fourth-order valence-corrected chi connectivity index (χ4v) is 1.90. The van der Waals surface area contributed by atoms with Crippen LogP contribution in [0.2, 0.25) is 5.02 Å². The minimum Gasteiger partial charge on any atom is -0.293 e. The molecule has 0 saturated heterocycles. The summed E-state index contributed by atoms with van der Waals surface area (Å²) in [6.07, 6.45) is 0. The summed E-state index contributed by atoms with van der Waals surface area (Å²) in [6, 6.07) is 9.34. The molecule has 17 heavy (non-hydrogen) atoms. The highest BCUT2D eigenvalue weighted by Crippen LogP contribution is 2.23. The van der Waals surface area contributed by atoms with Crippen molar-refractivity contribution in [2.75, 3.05) is 0 Å². The number of benzene rings is 1. The number of halogens is 1. The number of aryl methyl sites for hydroxylation is 1. The zero-order valence-electron chi connectivity index (χ0n) is 9.77. The quantitative estimate of drug-likeness (QED) is 0.780. The van der Waals surface area contributed by atoms with Gasteiger partial charge in [0.05, 0.1) is 5.69 Å². The van der Waals surface area contributed by atoms with Gasteiger partial charge in [0, 0.05) is 24.1 Å². The van der Waals surface area contributed by atoms with Gasteiger partial charge in [0.25, 0.3) is 0 Å². The molecule has 0 N–H and O–H groups in total. The zero-order valence-corrected chi connectivity index (χ0v) is 10.5. The van der Waals surface area contributed by atoms with Crippen molar-refractivity contribution in [3.8, 4) is 11.3 Å². The molecular formula is C13H13ClN2O. The molecule has 0 spiro atoms. The standard InChI is InChI=1S/C13H13ClN2O/c1-3-16-13(8-12(15-16)9(2)17)10-5-4-6-11(14)7-10/h4-8H,3H2,1-2H3. The van der Waals surface area contributed by atoms with Gasteiger partial charge in [-0.3, -0.25) is 9.48 Å². The minimum atomic E-state index is -0.0273. The zero-order chi connectivity index (χ0) is 12.4. The molecule has 88 valence electrons. The van der Waals surface area contributed by atoms with Gasteiger partial charge in [0.2, 0.25) is 0 Å². The second-order valence-electron chi connectivity index (χ2n) is 3.80. The fraction of sp³-hybridized carbons (Fsp3) is 0.231. The number of aromatic nitrogens is 2. The second kappa shape index (κ2) is 4.72. The van der Waals surface area contributed by atoms with E-state index in [0.29, 0.717) is 10.7 Å². The van der Waals surface area contributed by atoms with Gasteiger partial charge in [-0.25, -0.2) is 0 Å². The SMILES string of the molecule is CCn1nc(C(C)=O)cc1-c1cccc(Cl)c1. The highest BCUT2D eigenvalue weighted by atomic mass is 35.5. The highest BCUT2D eigenvalue weighted by Gasteiger charge is 2.11. The lowest BCUT2D eigenvalue weighted by Crippen LogP contribution is -2.01. The van der Waals surface area contributed by atoms with E-state index in [1.165, 1.54) is 6.92 Å². The predicted octanol–water partition coefficient (Wildman–Crippen LogP) is 3.43. The lowest BCUT2D eigenvalue weighted by atomic mass is 10.1. The van der Waals surface area contributed by atoms with Crippen LogP contribution in [-0.2, 0) is 6.54 Å². The van der Waals surface area contributed by atoms with Crippen molar-refractivity contribution in [3.63, 3.8) is 0 Å². The van der Waals surface area contributed by atoms with E-state index in [1.54, 1.807) is 6.07 Å². The Bertz CT molecular complexity index is 560. The first-order valence-corrected chi connectivity index (χ1v) is 5.84. The average Bonchev–Trinajstić information content (AvgIpc) is 2.73. The summed E-state index contributed by atoms with van der Waals surface area (Å²) in [6.45, 7) is 4.23. The number of hydrogen-bond acceptors (Lipinski definition) is 2. The number of hydrogen-bond donors (Lipinski definition) is 0. The van der Waals surface area contributed by atoms with E-state index < -0.39 is 0 Å². The monoisotopic (exact) mass is 248 g/mol. The summed E-state index contributed by atoms with van der Waals surface area (Å²) in [5, 5.41) is 4.93. The van der Waals surface area contributed by atoms with Crippen LogP contribution in [0.4, 0.5) is 0 Å². The van der Waals surface area contributed by atoms with E-state index in [9.17, 15) is 4.79 Å². The lowest BCUT2D eigenvalue weighted by molar-refractivity contribution is 0.101. The number of nitrogens with zero attached hydrogens (tertiary/aromatic N) is 2. The van der Waals surface area contributed by atoms with E-state index in [-0.39, 0.29) is 5.78 Å².